The fraction of sp³-hybridized carbons (Fsp3) is 0.630. The predicted molar refractivity (Wildman–Crippen MR) is 149 cm³/mol. The number of nitrogens with zero attached hydrogens (tertiary/aromatic N) is 6. The third-order valence-corrected chi connectivity index (χ3v) is 6.97. The average molecular weight is 618 g/mol. The number of carbonyl (C=O) groups excluding carboxylic acids is 4. The molecule has 44 heavy (non-hydrogen) atoms. The number of amides is 1. The summed E-state index contributed by atoms with van der Waals surface area (Å²) in [6.45, 7) is 5.21. The number of rotatable bonds is 11. The summed E-state index contributed by atoms with van der Waals surface area (Å²) in [4.78, 5) is 54.1. The van der Waals surface area contributed by atoms with Gasteiger partial charge in [-0.2, -0.15) is 0 Å². The molecular formula is C27H35N7O10. The molecule has 2 aliphatic rings. The number of hydrogen-bond donors (Lipinski definition) is 1. The van der Waals surface area contributed by atoms with Crippen LogP contribution >= 0.6 is 0 Å². The highest BCUT2D eigenvalue weighted by atomic mass is 16.7. The Kier molecular flexibility index (Phi) is 12.6. The molecule has 2 fully saturated rings. The molecule has 0 spiro atoms. The number of benzene rings is 1. The molecule has 9 atom stereocenters. The first-order chi connectivity index (χ1) is 21.0. The monoisotopic (exact) mass is 617 g/mol. The highest BCUT2D eigenvalue weighted by Crippen LogP contribution is 2.35. The van der Waals surface area contributed by atoms with Crippen molar-refractivity contribution in [2.24, 2.45) is 10.2 Å². The molecule has 0 unspecified atom stereocenters. The maximum Gasteiger partial charge on any atom is 0.407 e. The highest BCUT2D eigenvalue weighted by Gasteiger charge is 2.51. The van der Waals surface area contributed by atoms with Gasteiger partial charge in [-0.1, -0.05) is 40.6 Å². The number of nitrogens with one attached hydrogen (secondary N) is 1. The van der Waals surface area contributed by atoms with Gasteiger partial charge in [-0.25, -0.2) is 4.79 Å². The van der Waals surface area contributed by atoms with E-state index in [0.29, 0.717) is 6.42 Å². The molecule has 3 rings (SSSR count). The van der Waals surface area contributed by atoms with Gasteiger partial charge in [0.1, 0.15) is 18.8 Å². The summed E-state index contributed by atoms with van der Waals surface area (Å²) in [6, 6.07) is 6.38. The van der Waals surface area contributed by atoms with Crippen molar-refractivity contribution < 1.29 is 47.6 Å². The Morgan fingerprint density at radius 3 is 2.09 bits per heavy atom. The maximum atomic E-state index is 12.5. The molecule has 17 nitrogen and oxygen atoms in total. The number of carbonyl (C=O) groups is 4. The van der Waals surface area contributed by atoms with Gasteiger partial charge in [0.05, 0.1) is 24.2 Å². The van der Waals surface area contributed by atoms with E-state index in [0.717, 1.165) is 19.4 Å². The topological polar surface area (TPSA) is 233 Å². The number of ether oxygens (including phenoxy) is 6. The zero-order valence-electron chi connectivity index (χ0n) is 24.7. The van der Waals surface area contributed by atoms with Gasteiger partial charge in [0.25, 0.3) is 0 Å². The zero-order valence-corrected chi connectivity index (χ0v) is 24.7. The van der Waals surface area contributed by atoms with Crippen LogP contribution < -0.4 is 5.32 Å². The Morgan fingerprint density at radius 2 is 1.50 bits per heavy atom. The second-order valence-electron chi connectivity index (χ2n) is 10.3. The summed E-state index contributed by atoms with van der Waals surface area (Å²) in [5, 5.41) is 10.1. The molecule has 0 radical (unpaired) electrons. The molecule has 1 aliphatic carbocycles. The minimum atomic E-state index is -1.40. The van der Waals surface area contributed by atoms with Crippen LogP contribution in [-0.2, 0) is 49.4 Å². The average Bonchev–Trinajstić information content (AvgIpc) is 2.96. The standard InChI is InChI=1S/C27H35N7O10/c1-14(30-27(38)39-13-18-8-6-5-7-9-18)21-10-11-22(40-15(2)35)26(43-21)44-24-20(32-34-29)12-19(31-33-28)23(41-16(3)36)25(24)42-17(4)37/h5-9,14,19-26H,10-13H2,1-4H3,(H,30,38)/t14-,19-,20+,21+,22+,23+,24-,25-,26-/m1/s1. The second kappa shape index (κ2) is 16.3. The fourth-order valence-electron chi connectivity index (χ4n) is 5.14. The minimum absolute atomic E-state index is 0.0610. The van der Waals surface area contributed by atoms with E-state index in [9.17, 15) is 24.7 Å². The fourth-order valence-corrected chi connectivity index (χ4v) is 5.14. The van der Waals surface area contributed by atoms with Gasteiger partial charge < -0.3 is 33.7 Å². The van der Waals surface area contributed by atoms with Crippen LogP contribution in [0.25, 0.3) is 20.9 Å². The largest absolute Gasteiger partial charge is 0.458 e. The molecule has 1 aromatic rings. The molecule has 0 bridgehead atoms. The van der Waals surface area contributed by atoms with E-state index in [1.807, 2.05) is 30.3 Å². The first-order valence-electron chi connectivity index (χ1n) is 13.9. The first kappa shape index (κ1) is 33.9. The Bertz CT molecular complexity index is 1270. The van der Waals surface area contributed by atoms with E-state index in [2.05, 4.69) is 25.4 Å². The van der Waals surface area contributed by atoms with Crippen LogP contribution in [0.3, 0.4) is 0 Å². The van der Waals surface area contributed by atoms with Gasteiger partial charge in [0.15, 0.2) is 18.5 Å². The normalized spacial score (nSPS) is 28.5. The van der Waals surface area contributed by atoms with Crippen molar-refractivity contribution in [3.63, 3.8) is 0 Å². The van der Waals surface area contributed by atoms with Crippen molar-refractivity contribution in [1.29, 1.82) is 0 Å². The van der Waals surface area contributed by atoms with Crippen molar-refractivity contribution in [3.8, 4) is 0 Å². The van der Waals surface area contributed by atoms with E-state index in [1.54, 1.807) is 6.92 Å². The van der Waals surface area contributed by atoms with Crippen LogP contribution in [0.5, 0.6) is 0 Å². The Hall–Kier alpha value is -4.56. The summed E-state index contributed by atoms with van der Waals surface area (Å²) in [5.41, 5.74) is 19.2. The van der Waals surface area contributed by atoms with Crippen LogP contribution in [-0.4, -0.2) is 78.9 Å². The summed E-state index contributed by atoms with van der Waals surface area (Å²) >= 11 is 0. The molecule has 1 N–H and O–H groups in total. The van der Waals surface area contributed by atoms with Crippen molar-refractivity contribution >= 4 is 24.0 Å². The van der Waals surface area contributed by atoms with Crippen LogP contribution in [0.4, 0.5) is 4.79 Å². The smallest absolute Gasteiger partial charge is 0.407 e. The highest BCUT2D eigenvalue weighted by molar-refractivity contribution is 5.68. The van der Waals surface area contributed by atoms with Gasteiger partial charge in [-0.05, 0) is 42.8 Å². The lowest BCUT2D eigenvalue weighted by molar-refractivity contribution is -0.287. The van der Waals surface area contributed by atoms with Crippen LogP contribution in [0.1, 0.15) is 52.5 Å². The minimum Gasteiger partial charge on any atom is -0.458 e. The first-order valence-corrected chi connectivity index (χ1v) is 13.9. The van der Waals surface area contributed by atoms with E-state index >= 15 is 0 Å². The van der Waals surface area contributed by atoms with Crippen molar-refractivity contribution in [2.75, 3.05) is 0 Å². The van der Waals surface area contributed by atoms with Gasteiger partial charge in [0.2, 0.25) is 0 Å². The molecule has 1 heterocycles. The quantitative estimate of drug-likeness (QED) is 0.124. The molecule has 1 aliphatic heterocycles. The maximum absolute atomic E-state index is 12.5. The predicted octanol–water partition coefficient (Wildman–Crippen LogP) is 3.75. The zero-order chi connectivity index (χ0) is 32.2. The van der Waals surface area contributed by atoms with E-state index in [4.69, 9.17) is 34.0 Å². The second-order valence-corrected chi connectivity index (χ2v) is 10.3. The Balaban J connectivity index is 1.84. The molecule has 1 saturated heterocycles. The van der Waals surface area contributed by atoms with Gasteiger partial charge in [-0.3, -0.25) is 14.4 Å². The lowest BCUT2D eigenvalue weighted by atomic mass is 9.84. The SMILES string of the molecule is CC(=O)O[C@@H]1[C@@H](OC(C)=O)[C@H](N=[N+]=[N-])C[C@H](N=[N+]=[N-])[C@H]1O[C@H]1O[C@H]([C@@H](C)NC(=O)OCc2ccccc2)CC[C@@H]1OC(C)=O. The lowest BCUT2D eigenvalue weighted by Gasteiger charge is -2.45. The Labute approximate surface area is 252 Å². The number of hydrogen-bond acceptors (Lipinski definition) is 12. The summed E-state index contributed by atoms with van der Waals surface area (Å²) in [7, 11) is 0. The summed E-state index contributed by atoms with van der Waals surface area (Å²) in [5.74, 6) is -2.15. The number of azide groups is 2. The molecule has 238 valence electrons. The molecule has 0 aromatic heterocycles. The van der Waals surface area contributed by atoms with Crippen LogP contribution in [0.15, 0.2) is 40.6 Å². The van der Waals surface area contributed by atoms with Gasteiger partial charge >= 0.3 is 24.0 Å². The van der Waals surface area contributed by atoms with E-state index in [-0.39, 0.29) is 19.4 Å². The van der Waals surface area contributed by atoms with Crippen molar-refractivity contribution in [3.05, 3.63) is 56.8 Å². The number of alkyl carbamates (subject to hydrolysis) is 1. The van der Waals surface area contributed by atoms with Crippen LogP contribution in [0, 0.1) is 0 Å². The lowest BCUT2D eigenvalue weighted by Crippen LogP contribution is -2.61. The van der Waals surface area contributed by atoms with E-state index in [1.165, 1.54) is 6.92 Å². The third-order valence-electron chi connectivity index (χ3n) is 6.97. The summed E-state index contributed by atoms with van der Waals surface area (Å²) < 4.78 is 34.0. The molecule has 1 amide bonds. The van der Waals surface area contributed by atoms with Gasteiger partial charge in [0, 0.05) is 30.6 Å². The van der Waals surface area contributed by atoms with Crippen molar-refractivity contribution in [1.82, 2.24) is 5.32 Å². The third kappa shape index (κ3) is 9.74. The Morgan fingerprint density at radius 1 is 0.909 bits per heavy atom. The molecule has 1 saturated carbocycles. The van der Waals surface area contributed by atoms with E-state index < -0.39 is 78.9 Å². The van der Waals surface area contributed by atoms with Gasteiger partial charge in [-0.15, -0.1) is 0 Å². The van der Waals surface area contributed by atoms with Crippen LogP contribution in [0.2, 0.25) is 0 Å². The van der Waals surface area contributed by atoms with Crippen molar-refractivity contribution in [2.45, 2.75) is 108 Å². The molecule has 17 heteroatoms. The summed E-state index contributed by atoms with van der Waals surface area (Å²) in [6.07, 6.45) is -7.07. The number of esters is 3. The molecular weight excluding hydrogens is 582 g/mol. The molecule has 1 aromatic carbocycles.